The summed E-state index contributed by atoms with van der Waals surface area (Å²) in [5.74, 6) is 0.156. The third-order valence-electron chi connectivity index (χ3n) is 5.81. The molecule has 130 valence electrons. The molecule has 0 spiro atoms. The zero-order valence-corrected chi connectivity index (χ0v) is 14.5. The predicted octanol–water partition coefficient (Wildman–Crippen LogP) is 3.86. The second-order valence-corrected chi connectivity index (χ2v) is 7.43. The van der Waals surface area contributed by atoms with Crippen molar-refractivity contribution < 1.29 is 9.90 Å². The molecule has 4 rings (SSSR count). The molecule has 25 heavy (non-hydrogen) atoms. The van der Waals surface area contributed by atoms with Crippen LogP contribution in [-0.4, -0.2) is 28.1 Å². The van der Waals surface area contributed by atoms with E-state index in [1.807, 2.05) is 23.1 Å². The molecule has 1 saturated carbocycles. The fourth-order valence-corrected chi connectivity index (χ4v) is 4.15. The quantitative estimate of drug-likeness (QED) is 0.922. The van der Waals surface area contributed by atoms with E-state index in [2.05, 4.69) is 36.4 Å². The zero-order chi connectivity index (χ0) is 17.3. The van der Waals surface area contributed by atoms with Crippen LogP contribution in [0.2, 0.25) is 0 Å². The van der Waals surface area contributed by atoms with Crippen molar-refractivity contribution >= 4 is 5.91 Å². The number of carbonyl (C=O) groups is 1. The average Bonchev–Trinajstić information content (AvgIpc) is 2.64. The van der Waals surface area contributed by atoms with E-state index in [0.29, 0.717) is 12.8 Å². The molecule has 2 aromatic carbocycles. The van der Waals surface area contributed by atoms with E-state index in [0.717, 1.165) is 37.8 Å². The molecule has 3 heteroatoms. The number of hydrogen-bond donors (Lipinski definition) is 1. The fraction of sp³-hybridized carbons (Fsp3) is 0.409. The molecule has 1 heterocycles. The van der Waals surface area contributed by atoms with Crippen molar-refractivity contribution in [1.29, 1.82) is 0 Å². The van der Waals surface area contributed by atoms with Crippen molar-refractivity contribution in [2.75, 3.05) is 6.54 Å². The van der Waals surface area contributed by atoms with Gasteiger partial charge in [0.2, 0.25) is 5.91 Å². The van der Waals surface area contributed by atoms with Gasteiger partial charge in [0.15, 0.2) is 0 Å². The van der Waals surface area contributed by atoms with E-state index in [-0.39, 0.29) is 11.9 Å². The van der Waals surface area contributed by atoms with E-state index in [1.165, 1.54) is 11.1 Å². The molecule has 0 bridgehead atoms. The van der Waals surface area contributed by atoms with Gasteiger partial charge in [-0.15, -0.1) is 0 Å². The van der Waals surface area contributed by atoms with Gasteiger partial charge in [0, 0.05) is 13.0 Å². The second-order valence-electron chi connectivity index (χ2n) is 7.43. The van der Waals surface area contributed by atoms with Gasteiger partial charge in [0.1, 0.15) is 0 Å². The number of benzene rings is 2. The molecule has 1 fully saturated rings. The highest BCUT2D eigenvalue weighted by atomic mass is 16.3. The normalized spacial score (nSPS) is 21.3. The first-order chi connectivity index (χ1) is 12.2. The summed E-state index contributed by atoms with van der Waals surface area (Å²) in [6.07, 6.45) is 4.67. The van der Waals surface area contributed by atoms with Gasteiger partial charge < -0.3 is 10.0 Å². The number of aliphatic hydroxyl groups is 1. The molecule has 1 amide bonds. The average molecular weight is 335 g/mol. The summed E-state index contributed by atoms with van der Waals surface area (Å²) in [4.78, 5) is 15.0. The lowest BCUT2D eigenvalue weighted by Crippen LogP contribution is -2.43. The first-order valence-electron chi connectivity index (χ1n) is 9.31. The zero-order valence-electron chi connectivity index (χ0n) is 14.5. The molecule has 1 atom stereocenters. The summed E-state index contributed by atoms with van der Waals surface area (Å²) >= 11 is 0. The maximum absolute atomic E-state index is 13.0. The van der Waals surface area contributed by atoms with Gasteiger partial charge in [-0.3, -0.25) is 4.79 Å². The third-order valence-corrected chi connectivity index (χ3v) is 5.81. The topological polar surface area (TPSA) is 40.5 Å². The molecular weight excluding hydrogens is 310 g/mol. The smallest absolute Gasteiger partial charge is 0.223 e. The minimum atomic E-state index is -0.592. The van der Waals surface area contributed by atoms with E-state index < -0.39 is 5.60 Å². The number of amides is 1. The Morgan fingerprint density at radius 1 is 1.08 bits per heavy atom. The van der Waals surface area contributed by atoms with Crippen molar-refractivity contribution in [3.63, 3.8) is 0 Å². The SMILES string of the molecule is O=C(CCC1(O)CCC1)N1CCc2ccccc2[C@@H]1c1ccccc1. The number of rotatable bonds is 4. The van der Waals surface area contributed by atoms with E-state index >= 15 is 0 Å². The Hall–Kier alpha value is -2.13. The van der Waals surface area contributed by atoms with E-state index in [4.69, 9.17) is 0 Å². The van der Waals surface area contributed by atoms with Crippen LogP contribution in [-0.2, 0) is 11.2 Å². The molecule has 1 aliphatic carbocycles. The number of carbonyl (C=O) groups excluding carboxylic acids is 1. The summed E-state index contributed by atoms with van der Waals surface area (Å²) < 4.78 is 0. The van der Waals surface area contributed by atoms with Crippen LogP contribution in [0, 0.1) is 0 Å². The summed E-state index contributed by atoms with van der Waals surface area (Å²) in [7, 11) is 0. The van der Waals surface area contributed by atoms with Crippen LogP contribution in [0.5, 0.6) is 0 Å². The monoisotopic (exact) mass is 335 g/mol. The van der Waals surface area contributed by atoms with Gasteiger partial charge in [-0.1, -0.05) is 54.6 Å². The van der Waals surface area contributed by atoms with Gasteiger partial charge in [0.25, 0.3) is 0 Å². The molecule has 0 unspecified atom stereocenters. The molecule has 2 aliphatic rings. The van der Waals surface area contributed by atoms with Crippen molar-refractivity contribution in [2.24, 2.45) is 0 Å². The summed E-state index contributed by atoms with van der Waals surface area (Å²) in [6.45, 7) is 0.744. The molecule has 3 nitrogen and oxygen atoms in total. The highest BCUT2D eigenvalue weighted by Crippen LogP contribution is 2.38. The molecule has 0 aromatic heterocycles. The Bertz CT molecular complexity index is 752. The van der Waals surface area contributed by atoms with Gasteiger partial charge >= 0.3 is 0 Å². The first kappa shape index (κ1) is 16.3. The van der Waals surface area contributed by atoms with Crippen LogP contribution in [0.4, 0.5) is 0 Å². The minimum Gasteiger partial charge on any atom is -0.390 e. The number of nitrogens with zero attached hydrogens (tertiary/aromatic N) is 1. The molecule has 1 aliphatic heterocycles. The lowest BCUT2D eigenvalue weighted by molar-refractivity contribution is -0.135. The van der Waals surface area contributed by atoms with Crippen LogP contribution in [0.25, 0.3) is 0 Å². The van der Waals surface area contributed by atoms with Crippen molar-refractivity contribution in [3.8, 4) is 0 Å². The Kier molecular flexibility index (Phi) is 4.34. The molecule has 0 saturated heterocycles. The highest BCUT2D eigenvalue weighted by molar-refractivity contribution is 5.78. The van der Waals surface area contributed by atoms with Gasteiger partial charge in [-0.2, -0.15) is 0 Å². The molecule has 1 N–H and O–H groups in total. The van der Waals surface area contributed by atoms with Crippen LogP contribution in [0.15, 0.2) is 54.6 Å². The van der Waals surface area contributed by atoms with Gasteiger partial charge in [-0.05, 0) is 48.8 Å². The first-order valence-corrected chi connectivity index (χ1v) is 9.31. The molecular formula is C22H25NO2. The van der Waals surface area contributed by atoms with E-state index in [1.54, 1.807) is 0 Å². The maximum atomic E-state index is 13.0. The standard InChI is InChI=1S/C22H25NO2/c24-20(11-15-22(25)13-6-14-22)23-16-12-17-7-4-5-10-19(17)21(23)18-8-2-1-3-9-18/h1-5,7-10,21,25H,6,11-16H2/t21-/m0/s1. The highest BCUT2D eigenvalue weighted by Gasteiger charge is 2.37. The number of hydrogen-bond acceptors (Lipinski definition) is 2. The summed E-state index contributed by atoms with van der Waals surface area (Å²) in [6, 6.07) is 18.7. The van der Waals surface area contributed by atoms with Gasteiger partial charge in [0.05, 0.1) is 11.6 Å². The Balaban J connectivity index is 1.61. The van der Waals surface area contributed by atoms with Crippen molar-refractivity contribution in [1.82, 2.24) is 4.90 Å². The minimum absolute atomic E-state index is 0.0188. The van der Waals surface area contributed by atoms with Crippen molar-refractivity contribution in [3.05, 3.63) is 71.3 Å². The largest absolute Gasteiger partial charge is 0.390 e. The Morgan fingerprint density at radius 2 is 1.80 bits per heavy atom. The van der Waals surface area contributed by atoms with Crippen LogP contribution < -0.4 is 0 Å². The lowest BCUT2D eigenvalue weighted by Gasteiger charge is -2.40. The van der Waals surface area contributed by atoms with Crippen molar-refractivity contribution in [2.45, 2.75) is 50.2 Å². The Labute approximate surface area is 149 Å². The molecule has 0 radical (unpaired) electrons. The van der Waals surface area contributed by atoms with Gasteiger partial charge in [-0.25, -0.2) is 0 Å². The summed E-state index contributed by atoms with van der Waals surface area (Å²) in [5.41, 5.74) is 3.13. The molecule has 2 aromatic rings. The van der Waals surface area contributed by atoms with E-state index in [9.17, 15) is 9.90 Å². The number of fused-ring (bicyclic) bond motifs is 1. The summed E-state index contributed by atoms with van der Waals surface area (Å²) in [5, 5.41) is 10.3. The third kappa shape index (κ3) is 3.21. The van der Waals surface area contributed by atoms with Crippen LogP contribution in [0.3, 0.4) is 0 Å². The second kappa shape index (κ2) is 6.64. The maximum Gasteiger partial charge on any atom is 0.223 e. The lowest BCUT2D eigenvalue weighted by atomic mass is 9.77. The van der Waals surface area contributed by atoms with Crippen LogP contribution >= 0.6 is 0 Å². The van der Waals surface area contributed by atoms with Crippen LogP contribution in [0.1, 0.15) is 54.8 Å². The Morgan fingerprint density at radius 3 is 2.52 bits per heavy atom. The fourth-order valence-electron chi connectivity index (χ4n) is 4.15. The predicted molar refractivity (Wildman–Crippen MR) is 98.2 cm³/mol.